The van der Waals surface area contributed by atoms with Gasteiger partial charge in [-0.3, -0.25) is 9.59 Å². The maximum atomic E-state index is 12.2. The van der Waals surface area contributed by atoms with Crippen LogP contribution in [0.2, 0.25) is 0 Å². The highest BCUT2D eigenvalue weighted by atomic mass is 16.4. The van der Waals surface area contributed by atoms with E-state index in [-0.39, 0.29) is 11.9 Å². The molecule has 6 heteroatoms. The van der Waals surface area contributed by atoms with Crippen molar-refractivity contribution >= 4 is 17.4 Å². The Morgan fingerprint density at radius 2 is 2.20 bits per heavy atom. The number of carboxylic acid groups (broad SMARTS) is 1. The molecule has 0 aromatic carbocycles. The van der Waals surface area contributed by atoms with Crippen molar-refractivity contribution in [2.45, 2.75) is 12.5 Å². The van der Waals surface area contributed by atoms with E-state index in [1.807, 2.05) is 18.2 Å². The summed E-state index contributed by atoms with van der Waals surface area (Å²) >= 11 is 0. The molecule has 2 unspecified atom stereocenters. The van der Waals surface area contributed by atoms with Gasteiger partial charge < -0.3 is 10.4 Å². The van der Waals surface area contributed by atoms with Gasteiger partial charge in [-0.15, -0.1) is 0 Å². The molecule has 20 heavy (non-hydrogen) atoms. The van der Waals surface area contributed by atoms with Gasteiger partial charge >= 0.3 is 5.97 Å². The lowest BCUT2D eigenvalue weighted by atomic mass is 10.1. The Morgan fingerprint density at radius 3 is 2.95 bits per heavy atom. The minimum absolute atomic E-state index is 0.244. The number of nitrogens with zero attached hydrogens (tertiary/aromatic N) is 2. The number of amides is 1. The predicted octanol–water partition coefficient (Wildman–Crippen LogP) is 1.09. The quantitative estimate of drug-likeness (QED) is 0.819. The van der Waals surface area contributed by atoms with Gasteiger partial charge in [-0.1, -0.05) is 18.2 Å². The van der Waals surface area contributed by atoms with Crippen LogP contribution in [0.15, 0.2) is 42.7 Å². The molecule has 0 saturated heterocycles. The molecule has 1 aliphatic carbocycles. The maximum Gasteiger partial charge on any atom is 0.310 e. The number of pyridine rings is 1. The molecule has 0 bridgehead atoms. The lowest BCUT2D eigenvalue weighted by Gasteiger charge is -2.11. The molecule has 0 saturated carbocycles. The van der Waals surface area contributed by atoms with Crippen LogP contribution in [0.5, 0.6) is 0 Å². The molecule has 102 valence electrons. The standard InChI is InChI=1S/C14H13N3O3/c18-13(16-10-5-4-9(7-10)14(19)20)11-8-15-17-6-2-1-3-12(11)17/h1-6,8-10H,7H2,(H,16,18)(H,19,20). The van der Waals surface area contributed by atoms with Crippen LogP contribution in [0, 0.1) is 5.92 Å². The van der Waals surface area contributed by atoms with Crippen molar-refractivity contribution in [2.75, 3.05) is 0 Å². The summed E-state index contributed by atoms with van der Waals surface area (Å²) in [7, 11) is 0. The number of aromatic nitrogens is 2. The third kappa shape index (κ3) is 2.16. The number of rotatable bonds is 3. The van der Waals surface area contributed by atoms with E-state index in [0.717, 1.165) is 5.52 Å². The third-order valence-electron chi connectivity index (χ3n) is 3.39. The zero-order valence-electron chi connectivity index (χ0n) is 10.6. The van der Waals surface area contributed by atoms with E-state index in [0.29, 0.717) is 12.0 Å². The Labute approximate surface area is 114 Å². The Bertz CT molecular complexity index is 705. The molecule has 0 aliphatic heterocycles. The fourth-order valence-electron chi connectivity index (χ4n) is 2.34. The molecule has 6 nitrogen and oxygen atoms in total. The van der Waals surface area contributed by atoms with Gasteiger partial charge in [-0.05, 0) is 18.6 Å². The van der Waals surface area contributed by atoms with Crippen LogP contribution < -0.4 is 5.32 Å². The van der Waals surface area contributed by atoms with Crippen molar-refractivity contribution in [3.05, 3.63) is 48.3 Å². The zero-order valence-corrected chi connectivity index (χ0v) is 10.6. The van der Waals surface area contributed by atoms with E-state index in [4.69, 9.17) is 5.11 Å². The molecule has 0 radical (unpaired) electrons. The summed E-state index contributed by atoms with van der Waals surface area (Å²) in [5.41, 5.74) is 1.21. The Hall–Kier alpha value is -2.63. The SMILES string of the molecule is O=C(NC1C=CC(C(=O)O)C1)c1cnn2ccccc12. The second-order valence-corrected chi connectivity index (χ2v) is 4.73. The summed E-state index contributed by atoms with van der Waals surface area (Å²) in [5.74, 6) is -1.63. The number of hydrogen-bond acceptors (Lipinski definition) is 3. The van der Waals surface area contributed by atoms with Gasteiger partial charge in [-0.25, -0.2) is 4.52 Å². The van der Waals surface area contributed by atoms with Crippen LogP contribution in [0.4, 0.5) is 0 Å². The molecule has 2 aromatic heterocycles. The van der Waals surface area contributed by atoms with Crippen molar-refractivity contribution in [2.24, 2.45) is 5.92 Å². The van der Waals surface area contributed by atoms with Crippen LogP contribution in [-0.2, 0) is 4.79 Å². The largest absolute Gasteiger partial charge is 0.481 e. The highest BCUT2D eigenvalue weighted by molar-refractivity contribution is 6.00. The summed E-state index contributed by atoms with van der Waals surface area (Å²) in [6, 6.07) is 5.23. The first kappa shape index (κ1) is 12.4. The van der Waals surface area contributed by atoms with Crippen LogP contribution in [0.1, 0.15) is 16.8 Å². The van der Waals surface area contributed by atoms with Crippen LogP contribution in [-0.4, -0.2) is 32.6 Å². The fourth-order valence-corrected chi connectivity index (χ4v) is 2.34. The first-order chi connectivity index (χ1) is 9.65. The van der Waals surface area contributed by atoms with Gasteiger partial charge in [0, 0.05) is 12.2 Å². The molecule has 2 N–H and O–H groups in total. The Kier molecular flexibility index (Phi) is 2.98. The molecule has 0 fully saturated rings. The number of nitrogens with one attached hydrogen (secondary N) is 1. The van der Waals surface area contributed by atoms with E-state index in [1.165, 1.54) is 6.20 Å². The third-order valence-corrected chi connectivity index (χ3v) is 3.39. The molecular formula is C14H13N3O3. The number of aliphatic carboxylic acids is 1. The van der Waals surface area contributed by atoms with E-state index in [9.17, 15) is 9.59 Å². The topological polar surface area (TPSA) is 83.7 Å². The summed E-state index contributed by atoms with van der Waals surface area (Å²) in [6.07, 6.45) is 7.01. The first-order valence-electron chi connectivity index (χ1n) is 6.29. The lowest BCUT2D eigenvalue weighted by Crippen LogP contribution is -2.33. The molecule has 0 spiro atoms. The molecule has 1 aliphatic rings. The van der Waals surface area contributed by atoms with E-state index < -0.39 is 11.9 Å². The monoisotopic (exact) mass is 271 g/mol. The predicted molar refractivity (Wildman–Crippen MR) is 71.3 cm³/mol. The van der Waals surface area contributed by atoms with Crippen LogP contribution in [0.3, 0.4) is 0 Å². The zero-order chi connectivity index (χ0) is 14.1. The summed E-state index contributed by atoms with van der Waals surface area (Å²) in [6.45, 7) is 0. The maximum absolute atomic E-state index is 12.2. The lowest BCUT2D eigenvalue weighted by molar-refractivity contribution is -0.140. The van der Waals surface area contributed by atoms with E-state index in [2.05, 4.69) is 10.4 Å². The Balaban J connectivity index is 1.75. The van der Waals surface area contributed by atoms with Crippen molar-refractivity contribution in [1.29, 1.82) is 0 Å². The molecular weight excluding hydrogens is 258 g/mol. The van der Waals surface area contributed by atoms with Gasteiger partial charge in [0.1, 0.15) is 0 Å². The van der Waals surface area contributed by atoms with Gasteiger partial charge in [-0.2, -0.15) is 5.10 Å². The Morgan fingerprint density at radius 1 is 1.35 bits per heavy atom. The second kappa shape index (κ2) is 4.80. The highest BCUT2D eigenvalue weighted by Crippen LogP contribution is 2.19. The molecule has 3 rings (SSSR count). The number of carbonyl (C=O) groups excluding carboxylic acids is 1. The number of hydrogen-bond donors (Lipinski definition) is 2. The molecule has 2 aromatic rings. The summed E-state index contributed by atoms with van der Waals surface area (Å²) in [5, 5.41) is 15.8. The fraction of sp³-hybridized carbons (Fsp3) is 0.214. The number of carbonyl (C=O) groups is 2. The highest BCUT2D eigenvalue weighted by Gasteiger charge is 2.26. The summed E-state index contributed by atoms with van der Waals surface area (Å²) < 4.78 is 1.62. The normalized spacial score (nSPS) is 21.2. The average molecular weight is 271 g/mol. The van der Waals surface area contributed by atoms with Gasteiger partial charge in [0.05, 0.1) is 23.2 Å². The van der Waals surface area contributed by atoms with Crippen LogP contribution >= 0.6 is 0 Å². The van der Waals surface area contributed by atoms with Gasteiger partial charge in [0.2, 0.25) is 0 Å². The van der Waals surface area contributed by atoms with E-state index >= 15 is 0 Å². The second-order valence-electron chi connectivity index (χ2n) is 4.73. The van der Waals surface area contributed by atoms with Crippen molar-refractivity contribution in [3.63, 3.8) is 0 Å². The summed E-state index contributed by atoms with van der Waals surface area (Å²) in [4.78, 5) is 23.1. The number of fused-ring (bicyclic) bond motifs is 1. The van der Waals surface area contributed by atoms with Crippen molar-refractivity contribution in [1.82, 2.24) is 14.9 Å². The molecule has 2 atom stereocenters. The minimum atomic E-state index is -0.867. The average Bonchev–Trinajstić information content (AvgIpc) is 3.04. The van der Waals surface area contributed by atoms with E-state index in [1.54, 1.807) is 22.9 Å². The minimum Gasteiger partial charge on any atom is -0.481 e. The smallest absolute Gasteiger partial charge is 0.310 e. The van der Waals surface area contributed by atoms with Crippen molar-refractivity contribution in [3.8, 4) is 0 Å². The number of carboxylic acids is 1. The van der Waals surface area contributed by atoms with Crippen molar-refractivity contribution < 1.29 is 14.7 Å². The van der Waals surface area contributed by atoms with Gasteiger partial charge in [0.15, 0.2) is 0 Å². The van der Waals surface area contributed by atoms with Gasteiger partial charge in [0.25, 0.3) is 5.91 Å². The first-order valence-corrected chi connectivity index (χ1v) is 6.29. The molecule has 1 amide bonds. The molecule has 2 heterocycles. The van der Waals surface area contributed by atoms with Crippen LogP contribution in [0.25, 0.3) is 5.52 Å².